The van der Waals surface area contributed by atoms with Crippen molar-refractivity contribution in [2.24, 2.45) is 11.8 Å². The average Bonchev–Trinajstić information content (AvgIpc) is 0.928. The molecule has 0 aliphatic rings. The molecule has 100 heavy (non-hydrogen) atoms. The molecule has 0 saturated carbocycles. The normalized spacial score (nSPS) is 13.9. The van der Waals surface area contributed by atoms with Crippen LogP contribution in [0.1, 0.15) is 427 Å². The second kappa shape index (κ2) is 72.6. The van der Waals surface area contributed by atoms with Gasteiger partial charge in [0.1, 0.15) is 19.3 Å². The number of hydrogen-bond donors (Lipinski definition) is 3. The number of esters is 4. The van der Waals surface area contributed by atoms with Crippen molar-refractivity contribution in [2.45, 2.75) is 445 Å². The quantitative estimate of drug-likeness (QED) is 0.0222. The van der Waals surface area contributed by atoms with Gasteiger partial charge in [-0.1, -0.05) is 375 Å². The van der Waals surface area contributed by atoms with E-state index in [9.17, 15) is 43.2 Å². The highest BCUT2D eigenvalue weighted by molar-refractivity contribution is 7.47. The fourth-order valence-corrected chi connectivity index (χ4v) is 14.1. The molecular weight excluding hydrogens is 1310 g/mol. The van der Waals surface area contributed by atoms with Crippen molar-refractivity contribution < 1.29 is 80.2 Å². The van der Waals surface area contributed by atoms with Crippen LogP contribution in [0.15, 0.2) is 0 Å². The van der Waals surface area contributed by atoms with E-state index in [-0.39, 0.29) is 25.7 Å². The van der Waals surface area contributed by atoms with Crippen molar-refractivity contribution >= 4 is 39.5 Å². The lowest BCUT2D eigenvalue weighted by atomic mass is 10.0. The molecule has 0 saturated heterocycles. The number of carbonyl (C=O) groups excluding carboxylic acids is 4. The van der Waals surface area contributed by atoms with Gasteiger partial charge < -0.3 is 33.8 Å². The summed E-state index contributed by atoms with van der Waals surface area (Å²) >= 11 is 0. The number of carbonyl (C=O) groups is 4. The van der Waals surface area contributed by atoms with E-state index in [1.807, 2.05) is 0 Å². The third kappa shape index (κ3) is 74.3. The number of rotatable bonds is 80. The Hall–Kier alpha value is -1.94. The summed E-state index contributed by atoms with van der Waals surface area (Å²) in [6.45, 7) is 9.61. The summed E-state index contributed by atoms with van der Waals surface area (Å²) in [5.41, 5.74) is 0. The smallest absolute Gasteiger partial charge is 0.462 e. The molecule has 0 aliphatic carbocycles. The topological polar surface area (TPSA) is 237 Å². The van der Waals surface area contributed by atoms with Gasteiger partial charge in [-0.3, -0.25) is 37.3 Å². The summed E-state index contributed by atoms with van der Waals surface area (Å²) in [5.74, 6) is -0.580. The maximum absolute atomic E-state index is 13.1. The van der Waals surface area contributed by atoms with Crippen molar-refractivity contribution in [1.29, 1.82) is 0 Å². The van der Waals surface area contributed by atoms with E-state index in [4.69, 9.17) is 37.0 Å². The van der Waals surface area contributed by atoms with Gasteiger partial charge in [0, 0.05) is 25.7 Å². The zero-order chi connectivity index (χ0) is 73.5. The first-order chi connectivity index (χ1) is 48.4. The van der Waals surface area contributed by atoms with Crippen LogP contribution in [0.4, 0.5) is 0 Å². The molecule has 0 fully saturated rings. The molecule has 0 spiro atoms. The minimum Gasteiger partial charge on any atom is -0.462 e. The van der Waals surface area contributed by atoms with Gasteiger partial charge in [-0.2, -0.15) is 0 Å². The number of aliphatic hydroxyl groups excluding tert-OH is 1. The molecule has 594 valence electrons. The van der Waals surface area contributed by atoms with Crippen molar-refractivity contribution in [3.63, 3.8) is 0 Å². The molecule has 0 aromatic carbocycles. The molecule has 0 aromatic heterocycles. The van der Waals surface area contributed by atoms with Gasteiger partial charge in [-0.25, -0.2) is 9.13 Å². The van der Waals surface area contributed by atoms with Crippen LogP contribution in [0.3, 0.4) is 0 Å². The minimum atomic E-state index is -4.96. The summed E-state index contributed by atoms with van der Waals surface area (Å²) in [5, 5.41) is 10.6. The molecule has 0 aliphatic heterocycles. The Morgan fingerprint density at radius 3 is 0.680 bits per heavy atom. The molecule has 0 bridgehead atoms. The second-order valence-electron chi connectivity index (χ2n) is 30.1. The Morgan fingerprint density at radius 2 is 0.460 bits per heavy atom. The predicted molar refractivity (Wildman–Crippen MR) is 409 cm³/mol. The zero-order valence-electron chi connectivity index (χ0n) is 65.5. The molecule has 5 atom stereocenters. The number of unbranched alkanes of at least 4 members (excludes halogenated alkanes) is 50. The van der Waals surface area contributed by atoms with E-state index >= 15 is 0 Å². The standard InChI is InChI=1S/C81H158O17P2/c1-7-9-11-13-15-17-19-20-21-22-23-24-25-30-33-36-40-47-53-59-65-80(85)97-76(69-92-79(84)64-58-52-46-39-35-32-29-27-26-28-31-34-37-43-49-55-61-73(3)4)71-95-99(87,88)93-67-75(82)68-94-100(89,90)96-72-77(70-91-78(83)63-57-51-45-38-18-16-14-12-10-8-2)98-81(86)66-60-54-48-42-41-44-50-56-62-74(5)6/h73-77,82H,7-72H2,1-6H3,(H,87,88)(H,89,90)/t75-,76-,77-/m1/s1. The Bertz CT molecular complexity index is 1920. The van der Waals surface area contributed by atoms with Crippen LogP contribution in [0, 0.1) is 11.8 Å². The van der Waals surface area contributed by atoms with Gasteiger partial charge in [0.2, 0.25) is 0 Å². The van der Waals surface area contributed by atoms with Crippen molar-refractivity contribution in [3.05, 3.63) is 0 Å². The summed E-state index contributed by atoms with van der Waals surface area (Å²) in [6, 6.07) is 0. The number of aliphatic hydroxyl groups is 1. The molecular formula is C81H158O17P2. The molecule has 17 nitrogen and oxygen atoms in total. The Kier molecular flexibility index (Phi) is 71.2. The van der Waals surface area contributed by atoms with Gasteiger partial charge in [-0.15, -0.1) is 0 Å². The molecule has 0 rings (SSSR count). The van der Waals surface area contributed by atoms with E-state index in [2.05, 4.69) is 41.5 Å². The first kappa shape index (κ1) is 98.1. The average molecular weight is 1470 g/mol. The first-order valence-electron chi connectivity index (χ1n) is 42.0. The van der Waals surface area contributed by atoms with Crippen LogP contribution < -0.4 is 0 Å². The number of phosphoric acid groups is 2. The van der Waals surface area contributed by atoms with Gasteiger partial charge in [0.15, 0.2) is 12.2 Å². The Morgan fingerprint density at radius 1 is 0.270 bits per heavy atom. The predicted octanol–water partition coefficient (Wildman–Crippen LogP) is 24.3. The van der Waals surface area contributed by atoms with Crippen molar-refractivity contribution in [1.82, 2.24) is 0 Å². The summed E-state index contributed by atoms with van der Waals surface area (Å²) in [7, 11) is -9.92. The lowest BCUT2D eigenvalue weighted by Gasteiger charge is -2.21. The number of hydrogen-bond acceptors (Lipinski definition) is 15. The molecule has 0 heterocycles. The fraction of sp³-hybridized carbons (Fsp3) is 0.951. The summed E-state index contributed by atoms with van der Waals surface area (Å²) in [6.07, 6.45) is 62.6. The highest BCUT2D eigenvalue weighted by atomic mass is 31.2. The van der Waals surface area contributed by atoms with E-state index in [0.29, 0.717) is 25.7 Å². The Labute approximate surface area is 613 Å². The van der Waals surface area contributed by atoms with Crippen LogP contribution >= 0.6 is 15.6 Å². The third-order valence-corrected chi connectivity index (χ3v) is 20.9. The van der Waals surface area contributed by atoms with Crippen LogP contribution in [0.5, 0.6) is 0 Å². The van der Waals surface area contributed by atoms with E-state index < -0.39 is 97.5 Å². The van der Waals surface area contributed by atoms with E-state index in [1.165, 1.54) is 244 Å². The minimum absolute atomic E-state index is 0.105. The monoisotopic (exact) mass is 1470 g/mol. The van der Waals surface area contributed by atoms with Crippen LogP contribution in [0.25, 0.3) is 0 Å². The summed E-state index contributed by atoms with van der Waals surface area (Å²) in [4.78, 5) is 72.9. The van der Waals surface area contributed by atoms with Crippen LogP contribution in [-0.2, 0) is 65.4 Å². The SMILES string of the molecule is CCCCCCCCCCCCCCCCCCCCCCC(=O)O[C@H](COC(=O)CCCCCCCCCCCCCCCCCCC(C)C)COP(=O)(O)OC[C@@H](O)COP(=O)(O)OC[C@@H](COC(=O)CCCCCCCCCCCC)OC(=O)CCCCCCCCCCC(C)C. The van der Waals surface area contributed by atoms with Gasteiger partial charge in [-0.05, 0) is 37.5 Å². The van der Waals surface area contributed by atoms with Crippen LogP contribution in [0.2, 0.25) is 0 Å². The maximum atomic E-state index is 13.1. The van der Waals surface area contributed by atoms with E-state index in [0.717, 1.165) is 102 Å². The molecule has 3 N–H and O–H groups in total. The third-order valence-electron chi connectivity index (χ3n) is 19.0. The molecule has 0 radical (unpaired) electrons. The first-order valence-corrected chi connectivity index (χ1v) is 45.0. The summed E-state index contributed by atoms with van der Waals surface area (Å²) < 4.78 is 68.7. The van der Waals surface area contributed by atoms with Gasteiger partial charge >= 0.3 is 39.5 Å². The van der Waals surface area contributed by atoms with Gasteiger partial charge in [0.25, 0.3) is 0 Å². The highest BCUT2D eigenvalue weighted by Gasteiger charge is 2.30. The highest BCUT2D eigenvalue weighted by Crippen LogP contribution is 2.45. The molecule has 2 unspecified atom stereocenters. The second-order valence-corrected chi connectivity index (χ2v) is 33.0. The fourth-order valence-electron chi connectivity index (χ4n) is 12.5. The van der Waals surface area contributed by atoms with Crippen molar-refractivity contribution in [3.8, 4) is 0 Å². The Balaban J connectivity index is 5.20. The van der Waals surface area contributed by atoms with Crippen molar-refractivity contribution in [2.75, 3.05) is 39.6 Å². The van der Waals surface area contributed by atoms with Gasteiger partial charge in [0.05, 0.1) is 26.4 Å². The zero-order valence-corrected chi connectivity index (χ0v) is 67.3. The molecule has 0 amide bonds. The van der Waals surface area contributed by atoms with E-state index in [1.54, 1.807) is 0 Å². The largest absolute Gasteiger partial charge is 0.472 e. The number of phosphoric ester groups is 2. The molecule has 19 heteroatoms. The lowest BCUT2D eigenvalue weighted by molar-refractivity contribution is -0.161. The van der Waals surface area contributed by atoms with Crippen LogP contribution in [-0.4, -0.2) is 96.7 Å². The molecule has 0 aromatic rings. The maximum Gasteiger partial charge on any atom is 0.472 e. The lowest BCUT2D eigenvalue weighted by Crippen LogP contribution is -2.30. The number of ether oxygens (including phenoxy) is 4.